The van der Waals surface area contributed by atoms with Gasteiger partial charge in [-0.15, -0.1) is 0 Å². The highest BCUT2D eigenvalue weighted by atomic mass is 15.1. The van der Waals surface area contributed by atoms with Crippen LogP contribution in [0.3, 0.4) is 0 Å². The van der Waals surface area contributed by atoms with Crippen molar-refractivity contribution in [3.63, 3.8) is 0 Å². The van der Waals surface area contributed by atoms with E-state index in [1.54, 1.807) is 13.4 Å². The normalized spacial score (nSPS) is 10.8. The zero-order valence-corrected chi connectivity index (χ0v) is 10.6. The summed E-state index contributed by atoms with van der Waals surface area (Å²) in [7, 11) is 3.71. The molecule has 0 saturated heterocycles. The van der Waals surface area contributed by atoms with Gasteiger partial charge in [0.25, 0.3) is 0 Å². The van der Waals surface area contributed by atoms with Gasteiger partial charge in [0.05, 0.1) is 36.7 Å². The van der Waals surface area contributed by atoms with Crippen molar-refractivity contribution in [2.75, 3.05) is 14.1 Å². The number of benzene rings is 1. The minimum absolute atomic E-state index is 0.708. The number of nitrogens with zero attached hydrogens (tertiary/aromatic N) is 4. The summed E-state index contributed by atoms with van der Waals surface area (Å²) >= 11 is 0. The van der Waals surface area contributed by atoms with Gasteiger partial charge in [0.1, 0.15) is 0 Å². The first-order valence-electron chi connectivity index (χ1n) is 5.78. The molecule has 4 heteroatoms. The fraction of sp³-hybridized carbons (Fsp3) is 0.214. The van der Waals surface area contributed by atoms with Crippen LogP contribution < -0.4 is 0 Å². The Morgan fingerprint density at radius 3 is 2.56 bits per heavy atom. The lowest BCUT2D eigenvalue weighted by Crippen LogP contribution is -2.16. The maximum atomic E-state index is 4.43. The molecule has 0 spiro atoms. The van der Waals surface area contributed by atoms with Crippen LogP contribution in [0.15, 0.2) is 47.7 Å². The number of aromatic nitrogens is 2. The third kappa shape index (κ3) is 3.13. The molecule has 4 nitrogen and oxygen atoms in total. The van der Waals surface area contributed by atoms with Crippen LogP contribution in [-0.2, 0) is 6.54 Å². The van der Waals surface area contributed by atoms with Crippen LogP contribution in [0.4, 0.5) is 0 Å². The summed E-state index contributed by atoms with van der Waals surface area (Å²) in [5, 5.41) is 0. The molecule has 18 heavy (non-hydrogen) atoms. The van der Waals surface area contributed by atoms with E-state index in [0.717, 1.165) is 17.0 Å². The standard InChI is InChI=1S/C14H16N4/c1-15-11-18(2)10-13-8-17-14(9-16-13)12-6-4-3-5-7-12/h3-9,11H,10H2,1-2H3. The van der Waals surface area contributed by atoms with Gasteiger partial charge >= 0.3 is 0 Å². The minimum Gasteiger partial charge on any atom is -0.360 e. The van der Waals surface area contributed by atoms with Crippen LogP contribution in [-0.4, -0.2) is 35.3 Å². The van der Waals surface area contributed by atoms with Crippen molar-refractivity contribution in [2.24, 2.45) is 4.99 Å². The van der Waals surface area contributed by atoms with Gasteiger partial charge in [0.2, 0.25) is 0 Å². The largest absolute Gasteiger partial charge is 0.360 e. The van der Waals surface area contributed by atoms with Crippen molar-refractivity contribution >= 4 is 6.34 Å². The summed E-state index contributed by atoms with van der Waals surface area (Å²) < 4.78 is 0. The Morgan fingerprint density at radius 2 is 1.94 bits per heavy atom. The maximum Gasteiger partial charge on any atom is 0.0885 e. The number of hydrogen-bond acceptors (Lipinski definition) is 3. The van der Waals surface area contributed by atoms with E-state index in [1.165, 1.54) is 0 Å². The van der Waals surface area contributed by atoms with Crippen molar-refractivity contribution < 1.29 is 0 Å². The van der Waals surface area contributed by atoms with Crippen molar-refractivity contribution in [2.45, 2.75) is 6.54 Å². The van der Waals surface area contributed by atoms with E-state index in [4.69, 9.17) is 0 Å². The van der Waals surface area contributed by atoms with Crippen LogP contribution in [0.1, 0.15) is 5.69 Å². The second-order valence-corrected chi connectivity index (χ2v) is 4.05. The lowest BCUT2D eigenvalue weighted by molar-refractivity contribution is 0.505. The van der Waals surface area contributed by atoms with Crippen LogP contribution in [0.5, 0.6) is 0 Å². The van der Waals surface area contributed by atoms with E-state index < -0.39 is 0 Å². The molecule has 2 rings (SSSR count). The molecule has 0 radical (unpaired) electrons. The molecule has 0 aliphatic carbocycles. The zero-order valence-electron chi connectivity index (χ0n) is 10.6. The van der Waals surface area contributed by atoms with Crippen LogP contribution in [0.2, 0.25) is 0 Å². The Balaban J connectivity index is 2.11. The minimum atomic E-state index is 0.708. The summed E-state index contributed by atoms with van der Waals surface area (Å²) in [5.41, 5.74) is 2.91. The van der Waals surface area contributed by atoms with E-state index in [1.807, 2.05) is 54.7 Å². The quantitative estimate of drug-likeness (QED) is 0.608. The van der Waals surface area contributed by atoms with E-state index in [-0.39, 0.29) is 0 Å². The van der Waals surface area contributed by atoms with Gasteiger partial charge in [0.15, 0.2) is 0 Å². The Kier molecular flexibility index (Phi) is 4.02. The maximum absolute atomic E-state index is 4.43. The number of rotatable bonds is 4. The molecular weight excluding hydrogens is 224 g/mol. The van der Waals surface area contributed by atoms with Crippen LogP contribution in [0, 0.1) is 0 Å². The van der Waals surface area contributed by atoms with E-state index in [0.29, 0.717) is 6.54 Å². The third-order valence-electron chi connectivity index (χ3n) is 2.50. The fourth-order valence-electron chi connectivity index (χ4n) is 1.69. The van der Waals surface area contributed by atoms with Gasteiger partial charge in [-0.05, 0) is 0 Å². The Hall–Kier alpha value is -2.23. The first-order valence-corrected chi connectivity index (χ1v) is 5.78. The van der Waals surface area contributed by atoms with E-state index >= 15 is 0 Å². The lowest BCUT2D eigenvalue weighted by atomic mass is 10.2. The molecule has 1 aromatic carbocycles. The molecule has 0 N–H and O–H groups in total. The molecule has 2 aromatic rings. The van der Waals surface area contributed by atoms with Crippen molar-refractivity contribution in [3.8, 4) is 11.3 Å². The molecule has 1 aromatic heterocycles. The monoisotopic (exact) mass is 240 g/mol. The summed E-state index contributed by atoms with van der Waals surface area (Å²) in [5.74, 6) is 0. The predicted octanol–water partition coefficient (Wildman–Crippen LogP) is 2.23. The third-order valence-corrected chi connectivity index (χ3v) is 2.50. The van der Waals surface area contributed by atoms with Gasteiger partial charge in [-0.3, -0.25) is 15.0 Å². The fourth-order valence-corrected chi connectivity index (χ4v) is 1.69. The molecule has 0 aliphatic heterocycles. The molecule has 0 amide bonds. The number of aliphatic imine (C=N–C) groups is 1. The van der Waals surface area contributed by atoms with Crippen molar-refractivity contribution in [1.29, 1.82) is 0 Å². The molecule has 0 fully saturated rings. The van der Waals surface area contributed by atoms with E-state index in [2.05, 4.69) is 15.0 Å². The topological polar surface area (TPSA) is 41.4 Å². The van der Waals surface area contributed by atoms with Gasteiger partial charge in [-0.1, -0.05) is 30.3 Å². The highest BCUT2D eigenvalue weighted by Gasteiger charge is 2.01. The molecule has 0 aliphatic rings. The SMILES string of the molecule is CN=CN(C)Cc1cnc(-c2ccccc2)cn1. The first-order chi connectivity index (χ1) is 8.79. The second-order valence-electron chi connectivity index (χ2n) is 4.05. The lowest BCUT2D eigenvalue weighted by Gasteiger charge is -2.11. The Labute approximate surface area is 107 Å². The molecule has 0 saturated carbocycles. The average molecular weight is 240 g/mol. The number of hydrogen-bond donors (Lipinski definition) is 0. The summed E-state index contributed by atoms with van der Waals surface area (Å²) in [4.78, 5) is 14.8. The van der Waals surface area contributed by atoms with Gasteiger partial charge < -0.3 is 4.90 Å². The Morgan fingerprint density at radius 1 is 1.17 bits per heavy atom. The van der Waals surface area contributed by atoms with Crippen molar-refractivity contribution in [3.05, 3.63) is 48.4 Å². The average Bonchev–Trinajstić information content (AvgIpc) is 2.41. The summed E-state index contributed by atoms with van der Waals surface area (Å²) in [6, 6.07) is 10.0. The summed E-state index contributed by atoms with van der Waals surface area (Å²) in [6.07, 6.45) is 5.39. The molecule has 92 valence electrons. The van der Waals surface area contributed by atoms with Crippen molar-refractivity contribution in [1.82, 2.24) is 14.9 Å². The highest BCUT2D eigenvalue weighted by molar-refractivity contribution is 5.57. The molecule has 1 heterocycles. The molecule has 0 unspecified atom stereocenters. The highest BCUT2D eigenvalue weighted by Crippen LogP contribution is 2.14. The zero-order chi connectivity index (χ0) is 12.8. The smallest absolute Gasteiger partial charge is 0.0885 e. The molecule has 0 atom stereocenters. The summed E-state index contributed by atoms with van der Waals surface area (Å²) in [6.45, 7) is 0.708. The van der Waals surface area contributed by atoms with E-state index in [9.17, 15) is 0 Å². The second kappa shape index (κ2) is 5.91. The van der Waals surface area contributed by atoms with Gasteiger partial charge in [-0.2, -0.15) is 0 Å². The van der Waals surface area contributed by atoms with Gasteiger partial charge in [-0.25, -0.2) is 0 Å². The predicted molar refractivity (Wildman–Crippen MR) is 73.4 cm³/mol. The van der Waals surface area contributed by atoms with Crippen LogP contribution >= 0.6 is 0 Å². The molecular formula is C14H16N4. The van der Waals surface area contributed by atoms with Crippen LogP contribution in [0.25, 0.3) is 11.3 Å². The first kappa shape index (κ1) is 12.2. The van der Waals surface area contributed by atoms with Gasteiger partial charge in [0, 0.05) is 19.7 Å². The molecule has 0 bridgehead atoms. The Bertz CT molecular complexity index is 505.